The summed E-state index contributed by atoms with van der Waals surface area (Å²) in [6, 6.07) is 19.6. The summed E-state index contributed by atoms with van der Waals surface area (Å²) >= 11 is 1.53. The maximum absolute atomic E-state index is 12.9. The topological polar surface area (TPSA) is 79.2 Å². The maximum Gasteiger partial charge on any atom is 0.337 e. The Morgan fingerprint density at radius 3 is 2.45 bits per heavy atom. The molecule has 0 saturated carbocycles. The third kappa shape index (κ3) is 5.30. The Bertz CT molecular complexity index is 1000. The molecule has 0 spiro atoms. The lowest BCUT2D eigenvalue weighted by Gasteiger charge is -2.24. The van der Waals surface area contributed by atoms with Crippen molar-refractivity contribution in [1.82, 2.24) is 0 Å². The molecule has 1 aromatic heterocycles. The standard InChI is InChI=1S/C22H20N2O4S/c1-16(20-12-7-13-29-20)23-28-15-21(25)24(14-17-8-3-2-4-9-17)19-11-6-5-10-18(19)22(26)27/h2-13H,14-15H2,1H3,(H,26,27). The molecule has 3 aromatic rings. The fraction of sp³-hybridized carbons (Fsp3) is 0.136. The molecular formula is C22H20N2O4S. The molecule has 1 heterocycles. The lowest BCUT2D eigenvalue weighted by atomic mass is 10.1. The second-order valence-corrected chi connectivity index (χ2v) is 7.16. The van der Waals surface area contributed by atoms with Gasteiger partial charge in [-0.3, -0.25) is 4.79 Å². The predicted octanol–water partition coefficient (Wildman–Crippen LogP) is 4.42. The Morgan fingerprint density at radius 2 is 1.76 bits per heavy atom. The average molecular weight is 408 g/mol. The van der Waals surface area contributed by atoms with Gasteiger partial charge in [-0.2, -0.15) is 0 Å². The van der Waals surface area contributed by atoms with E-state index in [1.54, 1.807) is 25.1 Å². The highest BCUT2D eigenvalue weighted by molar-refractivity contribution is 7.12. The number of benzene rings is 2. The van der Waals surface area contributed by atoms with Crippen molar-refractivity contribution in [2.45, 2.75) is 13.5 Å². The van der Waals surface area contributed by atoms with E-state index in [2.05, 4.69) is 5.16 Å². The Kier molecular flexibility index (Phi) is 6.76. The van der Waals surface area contributed by atoms with Crippen molar-refractivity contribution in [1.29, 1.82) is 0 Å². The van der Waals surface area contributed by atoms with Gasteiger partial charge in [0.2, 0.25) is 0 Å². The third-order valence-corrected chi connectivity index (χ3v) is 5.16. The summed E-state index contributed by atoms with van der Waals surface area (Å²) in [4.78, 5) is 32.2. The van der Waals surface area contributed by atoms with E-state index < -0.39 is 5.97 Å². The third-order valence-electron chi connectivity index (χ3n) is 4.18. The molecule has 6 nitrogen and oxygen atoms in total. The Morgan fingerprint density at radius 1 is 1.03 bits per heavy atom. The van der Waals surface area contributed by atoms with Crippen molar-refractivity contribution in [3.05, 3.63) is 88.1 Å². The van der Waals surface area contributed by atoms with Crippen LogP contribution in [-0.4, -0.2) is 29.3 Å². The van der Waals surface area contributed by atoms with Crippen LogP contribution in [-0.2, 0) is 16.2 Å². The van der Waals surface area contributed by atoms with E-state index in [0.29, 0.717) is 11.4 Å². The Labute approximate surface area is 172 Å². The number of carboxylic acid groups (broad SMARTS) is 1. The number of thiophene rings is 1. The molecule has 0 saturated heterocycles. The van der Waals surface area contributed by atoms with E-state index >= 15 is 0 Å². The Balaban J connectivity index is 1.82. The minimum atomic E-state index is -1.10. The largest absolute Gasteiger partial charge is 0.478 e. The highest BCUT2D eigenvalue weighted by Gasteiger charge is 2.22. The van der Waals surface area contributed by atoms with Crippen LogP contribution in [0.15, 0.2) is 77.3 Å². The first-order valence-electron chi connectivity index (χ1n) is 8.93. The van der Waals surface area contributed by atoms with Gasteiger partial charge in [0.1, 0.15) is 0 Å². The van der Waals surface area contributed by atoms with Crippen molar-refractivity contribution in [3.8, 4) is 0 Å². The number of nitrogens with zero attached hydrogens (tertiary/aromatic N) is 2. The molecule has 3 rings (SSSR count). The summed E-state index contributed by atoms with van der Waals surface area (Å²) in [5.74, 6) is -1.48. The van der Waals surface area contributed by atoms with Crippen LogP contribution in [0.25, 0.3) is 0 Å². The minimum absolute atomic E-state index is 0.0510. The summed E-state index contributed by atoms with van der Waals surface area (Å²) in [7, 11) is 0. The Hall–Kier alpha value is -3.45. The number of hydrogen-bond acceptors (Lipinski definition) is 5. The number of oxime groups is 1. The zero-order valence-corrected chi connectivity index (χ0v) is 16.6. The van der Waals surface area contributed by atoms with Gasteiger partial charge in [-0.05, 0) is 36.1 Å². The van der Waals surface area contributed by atoms with Crippen molar-refractivity contribution in [2.24, 2.45) is 5.16 Å². The molecule has 148 valence electrons. The van der Waals surface area contributed by atoms with Crippen LogP contribution in [0.3, 0.4) is 0 Å². The summed E-state index contributed by atoms with van der Waals surface area (Å²) < 4.78 is 0. The van der Waals surface area contributed by atoms with Crippen LogP contribution in [0.4, 0.5) is 5.69 Å². The lowest BCUT2D eigenvalue weighted by Crippen LogP contribution is -2.34. The van der Waals surface area contributed by atoms with Crippen LogP contribution in [0, 0.1) is 0 Å². The number of aromatic carboxylic acids is 1. The highest BCUT2D eigenvalue weighted by Crippen LogP contribution is 2.23. The number of amides is 1. The van der Waals surface area contributed by atoms with Crippen LogP contribution >= 0.6 is 11.3 Å². The first-order valence-corrected chi connectivity index (χ1v) is 9.81. The number of carbonyl (C=O) groups is 2. The van der Waals surface area contributed by atoms with Gasteiger partial charge in [0.15, 0.2) is 6.61 Å². The van der Waals surface area contributed by atoms with Crippen LogP contribution in [0.1, 0.15) is 27.7 Å². The molecular weight excluding hydrogens is 388 g/mol. The molecule has 0 bridgehead atoms. The first-order chi connectivity index (χ1) is 14.1. The molecule has 0 unspecified atom stereocenters. The monoisotopic (exact) mass is 408 g/mol. The smallest absolute Gasteiger partial charge is 0.337 e. The van der Waals surface area contributed by atoms with E-state index in [-0.39, 0.29) is 24.6 Å². The number of para-hydroxylation sites is 1. The van der Waals surface area contributed by atoms with E-state index in [1.165, 1.54) is 22.3 Å². The molecule has 2 aromatic carbocycles. The van der Waals surface area contributed by atoms with Crippen molar-refractivity contribution in [3.63, 3.8) is 0 Å². The molecule has 7 heteroatoms. The maximum atomic E-state index is 12.9. The second kappa shape index (κ2) is 9.66. The summed E-state index contributed by atoms with van der Waals surface area (Å²) in [6.45, 7) is 1.72. The summed E-state index contributed by atoms with van der Waals surface area (Å²) in [5.41, 5.74) is 1.92. The minimum Gasteiger partial charge on any atom is -0.478 e. The number of hydrogen-bond donors (Lipinski definition) is 1. The zero-order valence-electron chi connectivity index (χ0n) is 15.8. The molecule has 1 N–H and O–H groups in total. The van der Waals surface area contributed by atoms with E-state index in [0.717, 1.165) is 10.4 Å². The number of rotatable bonds is 8. The first kappa shape index (κ1) is 20.3. The fourth-order valence-corrected chi connectivity index (χ4v) is 3.42. The molecule has 1 amide bonds. The van der Waals surface area contributed by atoms with E-state index in [9.17, 15) is 14.7 Å². The molecule has 0 aliphatic rings. The SMILES string of the molecule is CC(=NOCC(=O)N(Cc1ccccc1)c1ccccc1C(=O)O)c1cccs1. The molecule has 0 fully saturated rings. The second-order valence-electron chi connectivity index (χ2n) is 6.22. The van der Waals surface area contributed by atoms with Gasteiger partial charge in [0, 0.05) is 0 Å². The molecule has 0 atom stereocenters. The summed E-state index contributed by atoms with van der Waals surface area (Å²) in [5, 5.41) is 15.5. The predicted molar refractivity (Wildman–Crippen MR) is 114 cm³/mol. The molecule has 0 aliphatic heterocycles. The molecule has 0 radical (unpaired) electrons. The number of anilines is 1. The van der Waals surface area contributed by atoms with Gasteiger partial charge in [-0.15, -0.1) is 11.3 Å². The number of carbonyl (C=O) groups excluding carboxylic acids is 1. The van der Waals surface area contributed by atoms with Crippen LogP contribution < -0.4 is 4.90 Å². The lowest BCUT2D eigenvalue weighted by molar-refractivity contribution is -0.123. The normalized spacial score (nSPS) is 11.1. The van der Waals surface area contributed by atoms with Gasteiger partial charge in [-0.25, -0.2) is 4.79 Å². The van der Waals surface area contributed by atoms with Gasteiger partial charge in [0.25, 0.3) is 5.91 Å². The van der Waals surface area contributed by atoms with E-state index in [4.69, 9.17) is 4.84 Å². The van der Waals surface area contributed by atoms with Crippen molar-refractivity contribution >= 4 is 34.6 Å². The quantitative estimate of drug-likeness (QED) is 0.442. The highest BCUT2D eigenvalue weighted by atomic mass is 32.1. The summed E-state index contributed by atoms with van der Waals surface area (Å²) in [6.07, 6.45) is 0. The van der Waals surface area contributed by atoms with Crippen molar-refractivity contribution < 1.29 is 19.5 Å². The zero-order chi connectivity index (χ0) is 20.6. The fourth-order valence-electron chi connectivity index (χ4n) is 2.76. The number of carboxylic acids is 1. The van der Waals surface area contributed by atoms with Gasteiger partial charge >= 0.3 is 5.97 Å². The average Bonchev–Trinajstić information content (AvgIpc) is 3.27. The van der Waals surface area contributed by atoms with Crippen LogP contribution in [0.2, 0.25) is 0 Å². The van der Waals surface area contributed by atoms with Gasteiger partial charge in [0.05, 0.1) is 28.4 Å². The molecule has 0 aliphatic carbocycles. The van der Waals surface area contributed by atoms with Crippen molar-refractivity contribution in [2.75, 3.05) is 11.5 Å². The van der Waals surface area contributed by atoms with Gasteiger partial charge < -0.3 is 14.8 Å². The van der Waals surface area contributed by atoms with E-state index in [1.807, 2.05) is 47.8 Å². The van der Waals surface area contributed by atoms with Gasteiger partial charge in [-0.1, -0.05) is 53.7 Å². The van der Waals surface area contributed by atoms with Crippen LogP contribution in [0.5, 0.6) is 0 Å². The molecule has 29 heavy (non-hydrogen) atoms.